The summed E-state index contributed by atoms with van der Waals surface area (Å²) < 4.78 is 5.54. The highest BCUT2D eigenvalue weighted by Crippen LogP contribution is 2.27. The third-order valence-corrected chi connectivity index (χ3v) is 2.60. The van der Waals surface area contributed by atoms with E-state index in [-0.39, 0.29) is 0 Å². The molecular weight excluding hydrogens is 208 g/mol. The van der Waals surface area contributed by atoms with Gasteiger partial charge in [0, 0.05) is 28.1 Å². The Hall–Kier alpha value is -1.48. The van der Waals surface area contributed by atoms with Gasteiger partial charge in [-0.15, -0.1) is 0 Å². The minimum absolute atomic E-state index is 0.548. The van der Waals surface area contributed by atoms with Crippen molar-refractivity contribution in [2.24, 2.45) is 0 Å². The zero-order chi connectivity index (χ0) is 10.4. The maximum atomic E-state index is 5.87. The minimum Gasteiger partial charge on any atom is -0.438 e. The van der Waals surface area contributed by atoms with Crippen molar-refractivity contribution in [3.63, 3.8) is 0 Å². The second kappa shape index (κ2) is 3.01. The van der Waals surface area contributed by atoms with Crippen molar-refractivity contribution in [1.82, 2.24) is 4.98 Å². The molecule has 0 saturated heterocycles. The van der Waals surface area contributed by atoms with Crippen LogP contribution >= 0.6 is 11.6 Å². The molecule has 70 valence electrons. The molecule has 0 amide bonds. The Labute approximate surface area is 92.3 Å². The van der Waals surface area contributed by atoms with Crippen LogP contribution in [-0.2, 0) is 0 Å². The highest BCUT2D eigenvalue weighted by molar-refractivity contribution is 6.41. The van der Waals surface area contributed by atoms with Crippen LogP contribution in [0.15, 0.2) is 34.9 Å². The van der Waals surface area contributed by atoms with Gasteiger partial charge in [0.1, 0.15) is 13.4 Å². The maximum absolute atomic E-state index is 5.87. The van der Waals surface area contributed by atoms with Gasteiger partial charge in [-0.2, -0.15) is 0 Å². The SMILES string of the molecule is [B]c1ccnc2oc3cc(Cl)ccc3c12. The Kier molecular flexibility index (Phi) is 1.76. The number of hydrogen-bond acceptors (Lipinski definition) is 2. The fourth-order valence-electron chi connectivity index (χ4n) is 1.70. The molecule has 2 aromatic heterocycles. The summed E-state index contributed by atoms with van der Waals surface area (Å²) >= 11 is 5.87. The van der Waals surface area contributed by atoms with Gasteiger partial charge in [-0.1, -0.05) is 17.1 Å². The molecule has 0 fully saturated rings. The second-order valence-electron chi connectivity index (χ2n) is 3.32. The number of hydrogen-bond donors (Lipinski definition) is 0. The van der Waals surface area contributed by atoms with E-state index in [1.807, 2.05) is 12.1 Å². The molecular formula is C11H5BClNO. The van der Waals surface area contributed by atoms with Crippen LogP contribution in [0.4, 0.5) is 0 Å². The molecule has 0 saturated carbocycles. The first kappa shape index (κ1) is 8.80. The van der Waals surface area contributed by atoms with Crippen molar-refractivity contribution in [3.05, 3.63) is 35.5 Å². The van der Waals surface area contributed by atoms with E-state index in [0.717, 1.165) is 10.8 Å². The van der Waals surface area contributed by atoms with Crippen molar-refractivity contribution in [3.8, 4) is 0 Å². The van der Waals surface area contributed by atoms with Crippen molar-refractivity contribution >= 4 is 47.0 Å². The molecule has 1 aromatic carbocycles. The molecule has 2 nitrogen and oxygen atoms in total. The molecule has 0 aliphatic rings. The van der Waals surface area contributed by atoms with Crippen LogP contribution in [0.2, 0.25) is 5.02 Å². The van der Waals surface area contributed by atoms with Gasteiger partial charge in [0.15, 0.2) is 0 Å². The van der Waals surface area contributed by atoms with Crippen LogP contribution in [0.5, 0.6) is 0 Å². The Morgan fingerprint density at radius 2 is 2.13 bits per heavy atom. The standard InChI is InChI=1S/C11H5BClNO/c12-8-3-4-14-11-10(8)7-2-1-6(13)5-9(7)15-11/h1-5H. The summed E-state index contributed by atoms with van der Waals surface area (Å²) in [5.74, 6) is 0. The molecule has 0 bridgehead atoms. The van der Waals surface area contributed by atoms with Crippen LogP contribution in [-0.4, -0.2) is 12.8 Å². The lowest BCUT2D eigenvalue weighted by molar-refractivity contribution is 0.654. The van der Waals surface area contributed by atoms with Crippen molar-refractivity contribution < 1.29 is 4.42 Å². The monoisotopic (exact) mass is 213 g/mol. The molecule has 2 radical (unpaired) electrons. The van der Waals surface area contributed by atoms with Gasteiger partial charge in [-0.25, -0.2) is 4.98 Å². The summed E-state index contributed by atoms with van der Waals surface area (Å²) in [6.45, 7) is 0. The lowest BCUT2D eigenvalue weighted by Gasteiger charge is -1.93. The summed E-state index contributed by atoms with van der Waals surface area (Å²) in [4.78, 5) is 4.12. The van der Waals surface area contributed by atoms with Crippen molar-refractivity contribution in [2.45, 2.75) is 0 Å². The molecule has 0 aliphatic heterocycles. The maximum Gasteiger partial charge on any atom is 0.226 e. The Morgan fingerprint density at radius 3 is 3.00 bits per heavy atom. The first-order valence-corrected chi connectivity index (χ1v) is 4.86. The van der Waals surface area contributed by atoms with Crippen LogP contribution in [0.1, 0.15) is 0 Å². The van der Waals surface area contributed by atoms with Gasteiger partial charge >= 0.3 is 0 Å². The third-order valence-electron chi connectivity index (χ3n) is 2.37. The van der Waals surface area contributed by atoms with E-state index in [0.29, 0.717) is 21.8 Å². The third kappa shape index (κ3) is 1.23. The molecule has 0 aliphatic carbocycles. The predicted octanol–water partition coefficient (Wildman–Crippen LogP) is 2.43. The summed E-state index contributed by atoms with van der Waals surface area (Å²) in [7, 11) is 5.87. The Morgan fingerprint density at radius 1 is 1.27 bits per heavy atom. The number of nitrogens with zero attached hydrogens (tertiary/aromatic N) is 1. The van der Waals surface area contributed by atoms with Crippen molar-refractivity contribution in [2.75, 3.05) is 0 Å². The smallest absolute Gasteiger partial charge is 0.226 e. The number of furan rings is 1. The van der Waals surface area contributed by atoms with Gasteiger partial charge < -0.3 is 4.42 Å². The summed E-state index contributed by atoms with van der Waals surface area (Å²) in [6.07, 6.45) is 1.63. The topological polar surface area (TPSA) is 26.0 Å². The highest BCUT2D eigenvalue weighted by atomic mass is 35.5. The number of halogens is 1. The van der Waals surface area contributed by atoms with Gasteiger partial charge in [0.2, 0.25) is 5.71 Å². The van der Waals surface area contributed by atoms with E-state index in [2.05, 4.69) is 4.98 Å². The van der Waals surface area contributed by atoms with Gasteiger partial charge in [-0.3, -0.25) is 0 Å². The minimum atomic E-state index is 0.548. The zero-order valence-corrected chi connectivity index (χ0v) is 8.45. The number of rotatable bonds is 0. The average Bonchev–Trinajstić information content (AvgIpc) is 2.56. The summed E-state index contributed by atoms with van der Waals surface area (Å²) in [5.41, 5.74) is 1.93. The number of benzene rings is 1. The molecule has 0 N–H and O–H groups in total. The lowest BCUT2D eigenvalue weighted by atomic mass is 9.93. The molecule has 3 rings (SSSR count). The fourth-order valence-corrected chi connectivity index (χ4v) is 1.86. The van der Waals surface area contributed by atoms with E-state index < -0.39 is 0 Å². The van der Waals surface area contributed by atoms with Gasteiger partial charge in [0.05, 0.1) is 0 Å². The quantitative estimate of drug-likeness (QED) is 0.536. The number of pyridine rings is 1. The first-order valence-electron chi connectivity index (χ1n) is 4.48. The Balaban J connectivity index is 2.59. The highest BCUT2D eigenvalue weighted by Gasteiger charge is 2.09. The first-order chi connectivity index (χ1) is 7.25. The van der Waals surface area contributed by atoms with E-state index in [4.69, 9.17) is 23.9 Å². The summed E-state index contributed by atoms with van der Waals surface area (Å²) in [5, 5.41) is 2.43. The molecule has 0 atom stereocenters. The van der Waals surface area contributed by atoms with Crippen molar-refractivity contribution in [1.29, 1.82) is 0 Å². The van der Waals surface area contributed by atoms with Crippen LogP contribution in [0, 0.1) is 0 Å². The normalized spacial score (nSPS) is 11.3. The van der Waals surface area contributed by atoms with E-state index in [1.165, 1.54) is 0 Å². The molecule has 0 spiro atoms. The van der Waals surface area contributed by atoms with E-state index in [1.54, 1.807) is 18.3 Å². The number of fused-ring (bicyclic) bond motifs is 3. The largest absolute Gasteiger partial charge is 0.438 e. The fraction of sp³-hybridized carbons (Fsp3) is 0. The zero-order valence-electron chi connectivity index (χ0n) is 7.70. The number of aromatic nitrogens is 1. The summed E-state index contributed by atoms with van der Waals surface area (Å²) in [6, 6.07) is 7.22. The molecule has 4 heteroatoms. The van der Waals surface area contributed by atoms with Crippen LogP contribution < -0.4 is 5.46 Å². The van der Waals surface area contributed by atoms with Crippen LogP contribution in [0.3, 0.4) is 0 Å². The molecule has 15 heavy (non-hydrogen) atoms. The molecule has 2 heterocycles. The van der Waals surface area contributed by atoms with Gasteiger partial charge in [0.25, 0.3) is 0 Å². The predicted molar refractivity (Wildman–Crippen MR) is 61.9 cm³/mol. The second-order valence-corrected chi connectivity index (χ2v) is 3.76. The average molecular weight is 213 g/mol. The van der Waals surface area contributed by atoms with Gasteiger partial charge in [-0.05, 0) is 18.2 Å². The van der Waals surface area contributed by atoms with E-state index in [9.17, 15) is 0 Å². The lowest BCUT2D eigenvalue weighted by Crippen LogP contribution is -2.02. The van der Waals surface area contributed by atoms with E-state index >= 15 is 0 Å². The Bertz CT molecular complexity index is 662. The molecule has 0 unspecified atom stereocenters. The molecule has 3 aromatic rings. The van der Waals surface area contributed by atoms with Crippen LogP contribution in [0.25, 0.3) is 22.1 Å².